The van der Waals surface area contributed by atoms with Gasteiger partial charge in [0.05, 0.1) is 54.4 Å². The number of H-pyrrole nitrogens is 2. The molecule has 7 aromatic rings. The van der Waals surface area contributed by atoms with Crippen molar-refractivity contribution in [3.63, 3.8) is 0 Å². The van der Waals surface area contributed by atoms with Gasteiger partial charge in [-0.15, -0.1) is 0 Å². The number of imidazole rings is 2. The molecular formula is C56H60N8O7. The highest BCUT2D eigenvalue weighted by Gasteiger charge is 2.45. The summed E-state index contributed by atoms with van der Waals surface area (Å²) in [6, 6.07) is 27.2. The molecule has 1 aliphatic carbocycles. The number of carbonyl (C=O) groups excluding carboxylic acids is 4. The number of nitrogens with one attached hydrogen (secondary N) is 4. The summed E-state index contributed by atoms with van der Waals surface area (Å²) < 4.78 is 15.6. The number of benzene rings is 5. The second-order valence-corrected chi connectivity index (χ2v) is 20.0. The maximum absolute atomic E-state index is 14.7. The van der Waals surface area contributed by atoms with E-state index in [0.717, 1.165) is 65.9 Å². The molecule has 15 heteroatoms. The highest BCUT2D eigenvalue weighted by Crippen LogP contribution is 2.42. The molecule has 1 unspecified atom stereocenters. The maximum Gasteiger partial charge on any atom is 0.408 e. The van der Waals surface area contributed by atoms with Crippen LogP contribution in [0.15, 0.2) is 102 Å². The van der Waals surface area contributed by atoms with Crippen molar-refractivity contribution in [3.8, 4) is 23.2 Å². The summed E-state index contributed by atoms with van der Waals surface area (Å²) in [5.41, 5.74) is 7.47. The molecule has 0 bridgehead atoms. The standard InChI is InChI=1S/C56H60N8O7/c1-30(2)45(61-54(67)70-10)53(66)64(49-31(3)32(49)4)33(5)50-57-42-22-18-38-27-36(16-20-40(38)47(42)59-50)37-17-21-41-39(28-37)19-23-43-48(41)60-51(58-43)44-26-34(24-25-69-9)29-63(44)52(65)46(35-14-12-11-13-15-35)62-55(68)71-56(6,7)8/h11-23,27-28,30,33-34,44-46,49H,26,29H2,1-10H3,(H,57,59)(H,58,60)(H,61,67)(H,62,68)/t33-,34?,44-,45-,46+/m0/s1. The first-order valence-electron chi connectivity index (χ1n) is 24.0. The number of likely N-dealkylation sites (tertiary alicyclic amines) is 1. The molecule has 1 saturated heterocycles. The molecule has 0 saturated carbocycles. The number of carbonyl (C=O) groups is 4. The van der Waals surface area contributed by atoms with E-state index in [1.54, 1.807) is 25.7 Å². The number of nitrogens with zero attached hydrogens (tertiary/aromatic N) is 4. The SMILES string of the molecule is COC#CC1C[C@@H](c2nc3ccc4cc(-c5ccc6c(ccc7nc([C@H](C)N(C(=O)[C@@H](NC(=O)OC)C(C)C)C8C(C)=C8C)[nH]c76)c5)ccc4c3[nH]2)N(C(=O)[C@H](NC(=O)OC(C)(C)C)c2ccccc2)C1. The van der Waals surface area contributed by atoms with Crippen molar-refractivity contribution >= 4 is 67.6 Å². The van der Waals surface area contributed by atoms with Crippen molar-refractivity contribution in [3.05, 3.63) is 119 Å². The van der Waals surface area contributed by atoms with Crippen LogP contribution in [0.25, 0.3) is 54.7 Å². The Morgan fingerprint density at radius 3 is 1.99 bits per heavy atom. The summed E-state index contributed by atoms with van der Waals surface area (Å²) in [6.45, 7) is 15.5. The van der Waals surface area contributed by atoms with Gasteiger partial charge in [0.25, 0.3) is 5.91 Å². The topological polar surface area (TPSA) is 184 Å². The largest absolute Gasteiger partial charge is 0.453 e. The first-order valence-corrected chi connectivity index (χ1v) is 24.0. The van der Waals surface area contributed by atoms with Gasteiger partial charge in [0.1, 0.15) is 35.4 Å². The van der Waals surface area contributed by atoms with Gasteiger partial charge in [-0.3, -0.25) is 9.59 Å². The van der Waals surface area contributed by atoms with Gasteiger partial charge in [-0.1, -0.05) is 86.5 Å². The van der Waals surface area contributed by atoms with E-state index < -0.39 is 42.0 Å². The summed E-state index contributed by atoms with van der Waals surface area (Å²) in [5, 5.41) is 9.61. The first kappa shape index (κ1) is 48.2. The molecule has 366 valence electrons. The molecule has 71 heavy (non-hydrogen) atoms. The van der Waals surface area contributed by atoms with E-state index in [1.165, 1.54) is 14.2 Å². The van der Waals surface area contributed by atoms with Crippen LogP contribution in [0.3, 0.4) is 0 Å². The van der Waals surface area contributed by atoms with Crippen LogP contribution in [-0.2, 0) is 23.8 Å². The van der Waals surface area contributed by atoms with Gasteiger partial charge in [-0.2, -0.15) is 0 Å². The van der Waals surface area contributed by atoms with Crippen LogP contribution in [0.5, 0.6) is 0 Å². The van der Waals surface area contributed by atoms with Crippen molar-refractivity contribution in [2.24, 2.45) is 11.8 Å². The molecule has 4 amide bonds. The molecule has 1 fully saturated rings. The molecule has 0 radical (unpaired) electrons. The summed E-state index contributed by atoms with van der Waals surface area (Å²) in [7, 11) is 2.80. The second-order valence-electron chi connectivity index (χ2n) is 20.0. The number of amides is 4. The minimum Gasteiger partial charge on any atom is -0.453 e. The lowest BCUT2D eigenvalue weighted by atomic mass is 9.98. The first-order chi connectivity index (χ1) is 33.9. The van der Waals surface area contributed by atoms with E-state index >= 15 is 0 Å². The zero-order chi connectivity index (χ0) is 50.5. The fourth-order valence-electron chi connectivity index (χ4n) is 9.89. The third-order valence-electron chi connectivity index (χ3n) is 13.7. The molecule has 9 rings (SSSR count). The minimum absolute atomic E-state index is 0.156. The van der Waals surface area contributed by atoms with E-state index in [9.17, 15) is 19.2 Å². The van der Waals surface area contributed by atoms with Crippen LogP contribution in [0, 0.1) is 23.9 Å². The maximum atomic E-state index is 14.7. The Labute approximate surface area is 412 Å². The molecule has 5 aromatic carbocycles. The number of fused-ring (bicyclic) bond motifs is 6. The molecule has 2 aliphatic rings. The van der Waals surface area contributed by atoms with Gasteiger partial charge < -0.3 is 44.6 Å². The average Bonchev–Trinajstić information content (AvgIpc) is 3.85. The summed E-state index contributed by atoms with van der Waals surface area (Å²) in [6.07, 6.45) is 1.89. The van der Waals surface area contributed by atoms with E-state index in [-0.39, 0.29) is 29.7 Å². The third kappa shape index (κ3) is 9.58. The van der Waals surface area contributed by atoms with E-state index in [1.807, 2.05) is 82.0 Å². The Bertz CT molecular complexity index is 3310. The average molecular weight is 957 g/mol. The van der Waals surface area contributed by atoms with Gasteiger partial charge in [0.15, 0.2) is 0 Å². The Morgan fingerprint density at radius 2 is 1.41 bits per heavy atom. The zero-order valence-electron chi connectivity index (χ0n) is 41.8. The number of hydrogen-bond acceptors (Lipinski definition) is 9. The predicted molar refractivity (Wildman–Crippen MR) is 274 cm³/mol. The fraction of sp³-hybridized carbons (Fsp3) is 0.357. The van der Waals surface area contributed by atoms with Crippen LogP contribution in [0.4, 0.5) is 9.59 Å². The van der Waals surface area contributed by atoms with Gasteiger partial charge in [-0.05, 0) is 117 Å². The van der Waals surface area contributed by atoms with E-state index in [0.29, 0.717) is 30.2 Å². The third-order valence-corrected chi connectivity index (χ3v) is 13.7. The summed E-state index contributed by atoms with van der Waals surface area (Å²) in [4.78, 5) is 75.2. The van der Waals surface area contributed by atoms with Crippen LogP contribution in [-0.4, -0.2) is 92.2 Å². The number of rotatable bonds is 11. The Balaban J connectivity index is 0.999. The Kier molecular flexibility index (Phi) is 13.0. The lowest BCUT2D eigenvalue weighted by Crippen LogP contribution is -2.53. The zero-order valence-corrected chi connectivity index (χ0v) is 41.8. The molecule has 3 heterocycles. The fourth-order valence-corrected chi connectivity index (χ4v) is 9.89. The van der Waals surface area contributed by atoms with E-state index in [4.69, 9.17) is 24.2 Å². The van der Waals surface area contributed by atoms with Crippen LogP contribution in [0.1, 0.15) is 97.1 Å². The van der Waals surface area contributed by atoms with Gasteiger partial charge >= 0.3 is 12.2 Å². The predicted octanol–water partition coefficient (Wildman–Crippen LogP) is 10.2. The second kappa shape index (κ2) is 19.1. The lowest BCUT2D eigenvalue weighted by Gasteiger charge is -2.34. The summed E-state index contributed by atoms with van der Waals surface area (Å²) in [5.74, 6) is 3.55. The van der Waals surface area contributed by atoms with Gasteiger partial charge in [0, 0.05) is 23.2 Å². The number of aromatic nitrogens is 4. The van der Waals surface area contributed by atoms with Crippen molar-refractivity contribution in [1.82, 2.24) is 40.4 Å². The molecule has 1 aliphatic heterocycles. The smallest absolute Gasteiger partial charge is 0.408 e. The van der Waals surface area contributed by atoms with Gasteiger partial charge in [-0.25, -0.2) is 19.6 Å². The quantitative estimate of drug-likeness (QED) is 0.0724. The van der Waals surface area contributed by atoms with Crippen LogP contribution in [0.2, 0.25) is 0 Å². The normalized spacial score (nSPS) is 17.3. The molecule has 2 aromatic heterocycles. The highest BCUT2D eigenvalue weighted by molar-refractivity contribution is 6.07. The number of aromatic amines is 2. The minimum atomic E-state index is -1.01. The molecule has 15 nitrogen and oxygen atoms in total. The van der Waals surface area contributed by atoms with Crippen molar-refractivity contribution < 1.29 is 33.4 Å². The molecule has 4 N–H and O–H groups in total. The number of hydrogen-bond donors (Lipinski definition) is 4. The monoisotopic (exact) mass is 956 g/mol. The Hall–Kier alpha value is -7.86. The summed E-state index contributed by atoms with van der Waals surface area (Å²) >= 11 is 0. The Morgan fingerprint density at radius 1 is 0.789 bits per heavy atom. The molecule has 0 spiro atoms. The molecular weight excluding hydrogens is 897 g/mol. The van der Waals surface area contributed by atoms with Crippen LogP contribution >= 0.6 is 0 Å². The number of alkyl carbamates (subject to hydrolysis) is 2. The van der Waals surface area contributed by atoms with Crippen LogP contribution < -0.4 is 10.6 Å². The highest BCUT2D eigenvalue weighted by atomic mass is 16.6. The number of methoxy groups -OCH3 is 2. The van der Waals surface area contributed by atoms with E-state index in [2.05, 4.69) is 81.2 Å². The molecule has 5 atom stereocenters. The van der Waals surface area contributed by atoms with Crippen molar-refractivity contribution in [1.29, 1.82) is 0 Å². The van der Waals surface area contributed by atoms with Crippen molar-refractivity contribution in [2.75, 3.05) is 20.8 Å². The van der Waals surface area contributed by atoms with Gasteiger partial charge in [0.2, 0.25) is 5.91 Å². The van der Waals surface area contributed by atoms with Crippen molar-refractivity contribution in [2.45, 2.75) is 97.6 Å². The number of ether oxygens (including phenoxy) is 3. The lowest BCUT2D eigenvalue weighted by molar-refractivity contribution is -0.137.